The first-order valence-electron chi connectivity index (χ1n) is 12.0. The number of hydrogen-bond acceptors (Lipinski definition) is 11. The number of carbonyl (C=O) groups is 1. The molecule has 1 atom stereocenters. The molecule has 0 aliphatic carbocycles. The number of pyridine rings is 3. The molecule has 2 N–H and O–H groups in total. The highest BCUT2D eigenvalue weighted by molar-refractivity contribution is 7.06. The van der Waals surface area contributed by atoms with Crippen molar-refractivity contribution in [2.75, 3.05) is 5.32 Å². The summed E-state index contributed by atoms with van der Waals surface area (Å²) in [6.45, 7) is 5.45. The number of rotatable bonds is 7. The summed E-state index contributed by atoms with van der Waals surface area (Å²) in [5.74, 6) is 0.351. The maximum Gasteiger partial charge on any atom is 0.270 e. The van der Waals surface area contributed by atoms with E-state index in [-0.39, 0.29) is 31.5 Å². The van der Waals surface area contributed by atoms with Crippen LogP contribution in [-0.2, 0) is 0 Å². The lowest BCUT2D eigenvalue weighted by atomic mass is 10.1. The van der Waals surface area contributed by atoms with Crippen molar-refractivity contribution in [2.45, 2.75) is 26.8 Å². The zero-order valence-corrected chi connectivity index (χ0v) is 22.4. The minimum atomic E-state index is -0.431. The van der Waals surface area contributed by atoms with Crippen LogP contribution in [0.25, 0.3) is 22.6 Å². The lowest BCUT2D eigenvalue weighted by Gasteiger charge is -2.14. The van der Waals surface area contributed by atoms with E-state index in [0.29, 0.717) is 39.9 Å². The Balaban J connectivity index is 0.00000242. The molecule has 0 saturated carbocycles. The van der Waals surface area contributed by atoms with Crippen molar-refractivity contribution in [3.8, 4) is 28.7 Å². The number of amides is 1. The third-order valence-electron chi connectivity index (χ3n) is 5.83. The van der Waals surface area contributed by atoms with E-state index in [2.05, 4.69) is 44.9 Å². The molecule has 11 nitrogen and oxygen atoms in total. The van der Waals surface area contributed by atoms with Gasteiger partial charge in [-0.25, -0.2) is 14.4 Å². The van der Waals surface area contributed by atoms with E-state index in [1.807, 2.05) is 26.0 Å². The fourth-order valence-corrected chi connectivity index (χ4v) is 4.23. The number of nitrogens with one attached hydrogen (secondary N) is 2. The highest BCUT2D eigenvalue weighted by Crippen LogP contribution is 2.23. The van der Waals surface area contributed by atoms with Gasteiger partial charge in [0.15, 0.2) is 5.82 Å². The Morgan fingerprint density at radius 1 is 1.05 bits per heavy atom. The molecule has 1 unspecified atom stereocenters. The molecule has 0 fully saturated rings. The van der Waals surface area contributed by atoms with Crippen LogP contribution in [0.3, 0.4) is 0 Å². The van der Waals surface area contributed by atoms with E-state index >= 15 is 0 Å². The van der Waals surface area contributed by atoms with E-state index in [1.54, 1.807) is 37.4 Å². The number of carbonyl (C=O) groups excluding carboxylic acids is 1. The van der Waals surface area contributed by atoms with Gasteiger partial charge in [-0.3, -0.25) is 19.7 Å². The molecule has 5 rings (SSSR count). The molecular formula is C27H25FN10OS. The van der Waals surface area contributed by atoms with Gasteiger partial charge in [0.25, 0.3) is 5.91 Å². The molecule has 5 heterocycles. The maximum atomic E-state index is 13.6. The average molecular weight is 557 g/mol. The summed E-state index contributed by atoms with van der Waals surface area (Å²) in [6, 6.07) is 11.6. The van der Waals surface area contributed by atoms with Gasteiger partial charge < -0.3 is 10.6 Å². The predicted molar refractivity (Wildman–Crippen MR) is 150 cm³/mol. The highest BCUT2D eigenvalue weighted by atomic mass is 32.1. The number of anilines is 2. The molecule has 1 amide bonds. The van der Waals surface area contributed by atoms with Crippen molar-refractivity contribution < 1.29 is 12.0 Å². The average Bonchev–Trinajstić information content (AvgIpc) is 3.41. The quantitative estimate of drug-likeness (QED) is 0.273. The molecular weight excluding hydrogens is 531 g/mol. The van der Waals surface area contributed by atoms with E-state index in [1.165, 1.54) is 18.5 Å². The van der Waals surface area contributed by atoms with Crippen LogP contribution in [-0.4, -0.2) is 40.2 Å². The SMILES string of the molecule is Cc1cc(Nc2nsc(C#N)n2)nc(-c2ccc(C(=O)NC(C)c3ccc(-c4cc(F)cnc4C)nc3)nc2)n1.[HH].[HH]. The van der Waals surface area contributed by atoms with Crippen molar-refractivity contribution in [3.05, 3.63) is 88.5 Å². The summed E-state index contributed by atoms with van der Waals surface area (Å²) >= 11 is 0.987. The molecule has 0 aliphatic rings. The third kappa shape index (κ3) is 5.92. The van der Waals surface area contributed by atoms with Crippen LogP contribution >= 0.6 is 11.5 Å². The Hall–Kier alpha value is -5.22. The van der Waals surface area contributed by atoms with E-state index in [0.717, 1.165) is 17.1 Å². The Morgan fingerprint density at radius 2 is 1.90 bits per heavy atom. The van der Waals surface area contributed by atoms with Crippen LogP contribution in [0.15, 0.2) is 55.0 Å². The van der Waals surface area contributed by atoms with Gasteiger partial charge in [0.1, 0.15) is 23.4 Å². The van der Waals surface area contributed by atoms with Crippen molar-refractivity contribution >= 4 is 29.2 Å². The number of nitriles is 1. The second-order valence-electron chi connectivity index (χ2n) is 8.77. The van der Waals surface area contributed by atoms with Gasteiger partial charge in [-0.15, -0.1) is 0 Å². The van der Waals surface area contributed by atoms with Crippen LogP contribution in [0.2, 0.25) is 0 Å². The molecule has 0 spiro atoms. The van der Waals surface area contributed by atoms with Gasteiger partial charge in [0.2, 0.25) is 11.0 Å². The molecule has 40 heavy (non-hydrogen) atoms. The predicted octanol–water partition coefficient (Wildman–Crippen LogP) is 5.20. The fraction of sp³-hybridized carbons (Fsp3) is 0.148. The summed E-state index contributed by atoms with van der Waals surface area (Å²) in [7, 11) is 0. The van der Waals surface area contributed by atoms with Crippen molar-refractivity contribution in [3.63, 3.8) is 0 Å². The molecule has 0 bridgehead atoms. The standard InChI is InChI=1S/C27H21FN10OS.2H2/c1-14-8-23(36-27-37-24(10-29)40-38-27)35-25(33-14)18-5-7-22(32-12-18)26(39)34-15(2)17-4-6-21(31-11-17)20-9-19(28)13-30-16(20)3;;/h4-9,11-13,15H,1-3H3,(H,34,39)(H,33,35,36,38);2*1H. The smallest absolute Gasteiger partial charge is 0.270 e. The number of hydrogen-bond donors (Lipinski definition) is 2. The summed E-state index contributed by atoms with van der Waals surface area (Å²) < 4.78 is 17.7. The van der Waals surface area contributed by atoms with Gasteiger partial charge in [0, 0.05) is 43.8 Å². The summed E-state index contributed by atoms with van der Waals surface area (Å²) in [4.78, 5) is 38.6. The largest absolute Gasteiger partial charge is 0.344 e. The minimum Gasteiger partial charge on any atom is -0.344 e. The van der Waals surface area contributed by atoms with Crippen LogP contribution in [0.1, 0.15) is 48.3 Å². The first-order chi connectivity index (χ1) is 19.3. The summed E-state index contributed by atoms with van der Waals surface area (Å²) in [6.07, 6.45) is 4.34. The molecule has 5 aromatic rings. The number of aryl methyl sites for hydroxylation is 2. The Labute approximate surface area is 235 Å². The third-order valence-corrected chi connectivity index (χ3v) is 6.45. The number of nitrogens with zero attached hydrogens (tertiary/aromatic N) is 8. The Morgan fingerprint density at radius 3 is 2.60 bits per heavy atom. The normalized spacial score (nSPS) is 11.5. The Kier molecular flexibility index (Phi) is 7.43. The Bertz CT molecular complexity index is 1740. The highest BCUT2D eigenvalue weighted by Gasteiger charge is 2.15. The van der Waals surface area contributed by atoms with E-state index in [9.17, 15) is 9.18 Å². The molecule has 0 aliphatic heterocycles. The lowest BCUT2D eigenvalue weighted by Crippen LogP contribution is -2.27. The number of aromatic nitrogens is 7. The zero-order chi connectivity index (χ0) is 28.2. The van der Waals surface area contributed by atoms with Gasteiger partial charge in [0.05, 0.1) is 17.9 Å². The summed E-state index contributed by atoms with van der Waals surface area (Å²) in [5, 5.41) is 15.1. The van der Waals surface area contributed by atoms with Gasteiger partial charge in [-0.2, -0.15) is 14.6 Å². The molecule has 0 radical (unpaired) electrons. The van der Waals surface area contributed by atoms with Gasteiger partial charge in [-0.1, -0.05) is 6.07 Å². The lowest BCUT2D eigenvalue weighted by molar-refractivity contribution is 0.0935. The van der Waals surface area contributed by atoms with Crippen LogP contribution in [0.4, 0.5) is 16.2 Å². The first-order valence-corrected chi connectivity index (χ1v) is 12.8. The molecule has 0 aromatic carbocycles. The van der Waals surface area contributed by atoms with E-state index in [4.69, 9.17) is 5.26 Å². The second-order valence-corrected chi connectivity index (χ2v) is 9.52. The maximum absolute atomic E-state index is 13.6. The molecule has 13 heteroatoms. The van der Waals surface area contributed by atoms with Crippen LogP contribution < -0.4 is 10.6 Å². The monoisotopic (exact) mass is 556 g/mol. The first kappa shape index (κ1) is 26.4. The van der Waals surface area contributed by atoms with Crippen LogP contribution in [0.5, 0.6) is 0 Å². The van der Waals surface area contributed by atoms with E-state index < -0.39 is 5.82 Å². The van der Waals surface area contributed by atoms with Crippen molar-refractivity contribution in [2.24, 2.45) is 0 Å². The number of halogens is 1. The summed E-state index contributed by atoms with van der Waals surface area (Å²) in [5.41, 5.74) is 4.19. The molecule has 0 saturated heterocycles. The fourth-order valence-electron chi connectivity index (χ4n) is 3.80. The second kappa shape index (κ2) is 11.3. The van der Waals surface area contributed by atoms with Gasteiger partial charge >= 0.3 is 0 Å². The van der Waals surface area contributed by atoms with Crippen molar-refractivity contribution in [1.29, 1.82) is 5.26 Å². The van der Waals surface area contributed by atoms with Gasteiger partial charge in [-0.05, 0) is 62.1 Å². The minimum absolute atomic E-state index is 0. The molecule has 5 aromatic heterocycles. The van der Waals surface area contributed by atoms with Crippen LogP contribution in [0, 0.1) is 31.0 Å². The topological polar surface area (TPSA) is 155 Å². The van der Waals surface area contributed by atoms with Crippen molar-refractivity contribution in [1.82, 2.24) is 39.6 Å². The molecule has 202 valence electrons. The zero-order valence-electron chi connectivity index (χ0n) is 21.5.